The molecule has 5 rings (SSSR count). The molecule has 3 aliphatic carbocycles. The molecule has 1 aromatic rings. The molecule has 0 radical (unpaired) electrons. The molecule has 0 unspecified atom stereocenters. The zero-order valence-electron chi connectivity index (χ0n) is 16.0. The van der Waals surface area contributed by atoms with E-state index in [1.807, 2.05) is 24.3 Å². The van der Waals surface area contributed by atoms with E-state index in [1.165, 1.54) is 36.1 Å². The van der Waals surface area contributed by atoms with E-state index >= 15 is 0 Å². The summed E-state index contributed by atoms with van der Waals surface area (Å²) in [6, 6.07) is 4.26. The number of fused-ring (bicyclic) bond motifs is 5. The van der Waals surface area contributed by atoms with Crippen LogP contribution in [0.1, 0.15) is 51.5 Å². The van der Waals surface area contributed by atoms with Crippen LogP contribution in [-0.4, -0.2) is 22.8 Å². The minimum absolute atomic E-state index is 0.0487. The Morgan fingerprint density at radius 3 is 2.77 bits per heavy atom. The molecular formula is C23H28N2O. The normalized spacial score (nSPS) is 41.3. The summed E-state index contributed by atoms with van der Waals surface area (Å²) in [5.74, 6) is 2.31. The van der Waals surface area contributed by atoms with Gasteiger partial charge in [-0.3, -0.25) is 9.78 Å². The third-order valence-electron chi connectivity index (χ3n) is 8.23. The fraction of sp³-hybridized carbons (Fsp3) is 0.565. The number of pyridine rings is 1. The summed E-state index contributed by atoms with van der Waals surface area (Å²) in [5, 5.41) is 0. The van der Waals surface area contributed by atoms with E-state index in [1.54, 1.807) is 0 Å². The average Bonchev–Trinajstić information content (AvgIpc) is 3.10. The lowest BCUT2D eigenvalue weighted by Gasteiger charge is -2.54. The number of aromatic nitrogens is 1. The minimum atomic E-state index is 0.0487. The lowest BCUT2D eigenvalue weighted by Crippen LogP contribution is -2.47. The Morgan fingerprint density at radius 2 is 2.00 bits per heavy atom. The van der Waals surface area contributed by atoms with Crippen molar-refractivity contribution in [2.24, 2.45) is 28.6 Å². The Bertz CT molecular complexity index is 826. The lowest BCUT2D eigenvalue weighted by atomic mass is 9.50. The van der Waals surface area contributed by atoms with E-state index in [-0.39, 0.29) is 10.8 Å². The third-order valence-corrected chi connectivity index (χ3v) is 8.23. The van der Waals surface area contributed by atoms with Crippen LogP contribution in [0.5, 0.6) is 0 Å². The van der Waals surface area contributed by atoms with E-state index in [0.29, 0.717) is 30.1 Å². The molecule has 1 saturated heterocycles. The van der Waals surface area contributed by atoms with Crippen molar-refractivity contribution in [1.82, 2.24) is 9.88 Å². The van der Waals surface area contributed by atoms with Crippen LogP contribution in [0.4, 0.5) is 0 Å². The van der Waals surface area contributed by atoms with Gasteiger partial charge in [-0.15, -0.1) is 0 Å². The van der Waals surface area contributed by atoms with E-state index < -0.39 is 0 Å². The number of nitrogens with zero attached hydrogens (tertiary/aromatic N) is 2. The van der Waals surface area contributed by atoms with Gasteiger partial charge in [-0.2, -0.15) is 0 Å². The smallest absolute Gasteiger partial charge is 0.227 e. The van der Waals surface area contributed by atoms with E-state index in [9.17, 15) is 4.79 Å². The van der Waals surface area contributed by atoms with Crippen molar-refractivity contribution in [2.45, 2.75) is 46.0 Å². The van der Waals surface area contributed by atoms with Crippen molar-refractivity contribution < 1.29 is 4.79 Å². The van der Waals surface area contributed by atoms with Gasteiger partial charge in [0, 0.05) is 37.0 Å². The zero-order valence-corrected chi connectivity index (χ0v) is 16.0. The van der Waals surface area contributed by atoms with Crippen molar-refractivity contribution in [3.8, 4) is 0 Å². The van der Waals surface area contributed by atoms with Crippen LogP contribution in [0.3, 0.4) is 0 Å². The number of hydrogen-bond acceptors (Lipinski definition) is 2. The second kappa shape index (κ2) is 5.31. The highest BCUT2D eigenvalue weighted by Gasteiger charge is 2.59. The van der Waals surface area contributed by atoms with Crippen LogP contribution >= 0.6 is 0 Å². The maximum absolute atomic E-state index is 12.4. The molecule has 2 fully saturated rings. The summed E-state index contributed by atoms with van der Waals surface area (Å²) < 4.78 is 0. The van der Waals surface area contributed by atoms with Crippen molar-refractivity contribution in [2.75, 3.05) is 7.05 Å². The molecule has 1 saturated carbocycles. The fourth-order valence-corrected chi connectivity index (χ4v) is 6.92. The van der Waals surface area contributed by atoms with Crippen LogP contribution in [0.15, 0.2) is 42.4 Å². The first-order valence-electron chi connectivity index (χ1n) is 10.0. The Hall–Kier alpha value is -1.90. The molecule has 3 nitrogen and oxygen atoms in total. The molecule has 5 atom stereocenters. The fourth-order valence-electron chi connectivity index (χ4n) is 6.92. The summed E-state index contributed by atoms with van der Waals surface area (Å²) in [6.07, 6.45) is 14.2. The summed E-state index contributed by atoms with van der Waals surface area (Å²) in [6.45, 7) is 4.83. The number of hydrogen-bond donors (Lipinski definition) is 0. The number of likely N-dealkylation sites (tertiary alicyclic amines) is 1. The van der Waals surface area contributed by atoms with E-state index in [2.05, 4.69) is 43.1 Å². The van der Waals surface area contributed by atoms with Gasteiger partial charge in [-0.05, 0) is 66.1 Å². The van der Waals surface area contributed by atoms with E-state index in [4.69, 9.17) is 0 Å². The molecule has 2 heterocycles. The number of rotatable bonds is 1. The van der Waals surface area contributed by atoms with Crippen LogP contribution in [0.25, 0.3) is 5.57 Å². The van der Waals surface area contributed by atoms with Gasteiger partial charge < -0.3 is 4.90 Å². The van der Waals surface area contributed by atoms with Gasteiger partial charge in [-0.25, -0.2) is 0 Å². The molecule has 0 spiro atoms. The molecule has 3 heteroatoms. The number of carbonyl (C=O) groups excluding carboxylic acids is 1. The predicted molar refractivity (Wildman–Crippen MR) is 103 cm³/mol. The Labute approximate surface area is 156 Å². The highest BCUT2D eigenvalue weighted by Crippen LogP contribution is 2.66. The summed E-state index contributed by atoms with van der Waals surface area (Å²) in [5.41, 5.74) is 4.40. The topological polar surface area (TPSA) is 33.2 Å². The molecular weight excluding hydrogens is 320 g/mol. The number of carbonyl (C=O) groups is 1. The van der Waals surface area contributed by atoms with Crippen molar-refractivity contribution >= 4 is 11.5 Å². The second-order valence-corrected chi connectivity index (χ2v) is 9.30. The molecule has 136 valence electrons. The quantitative estimate of drug-likeness (QED) is 0.739. The second-order valence-electron chi connectivity index (χ2n) is 9.30. The van der Waals surface area contributed by atoms with E-state index in [0.717, 1.165) is 6.42 Å². The van der Waals surface area contributed by atoms with Crippen LogP contribution < -0.4 is 0 Å². The maximum Gasteiger partial charge on any atom is 0.227 e. The third kappa shape index (κ3) is 1.95. The zero-order chi connectivity index (χ0) is 18.1. The lowest BCUT2D eigenvalue weighted by molar-refractivity contribution is -0.126. The molecule has 1 amide bonds. The monoisotopic (exact) mass is 348 g/mol. The number of allylic oxidation sites excluding steroid dienone is 4. The standard InChI is InChI=1S/C23H28N2O/c1-22-11-10-19-16(6-9-20-23(19,2)13-21(26)25(20)3)18(22)8-7-17(22)15-5-4-12-24-14-15/h4-5,7,9,12,14,16,18-19H,6,8,10-11,13H2,1-3H3/t16-,18-,19-,22+,23+/m0/s1. The van der Waals surface area contributed by atoms with Gasteiger partial charge in [0.15, 0.2) is 0 Å². The Morgan fingerprint density at radius 1 is 1.15 bits per heavy atom. The Balaban J connectivity index is 1.50. The highest BCUT2D eigenvalue weighted by atomic mass is 16.2. The largest absolute Gasteiger partial charge is 0.319 e. The van der Waals surface area contributed by atoms with Crippen molar-refractivity contribution in [3.63, 3.8) is 0 Å². The SMILES string of the molecule is CN1C(=O)C[C@@]2(C)C1=CC[C@@H]1[C@@H]2CC[C@]2(C)C(c3cccnc3)=CC[C@@H]12. The molecule has 0 bridgehead atoms. The first-order chi connectivity index (χ1) is 12.4. The highest BCUT2D eigenvalue weighted by molar-refractivity contribution is 5.83. The van der Waals surface area contributed by atoms with Gasteiger partial charge in [0.25, 0.3) is 0 Å². The number of amides is 1. The maximum atomic E-state index is 12.4. The van der Waals surface area contributed by atoms with Crippen molar-refractivity contribution in [3.05, 3.63) is 47.9 Å². The summed E-state index contributed by atoms with van der Waals surface area (Å²) in [4.78, 5) is 18.7. The molecule has 1 aliphatic heterocycles. The predicted octanol–water partition coefficient (Wildman–Crippen LogP) is 4.67. The average molecular weight is 348 g/mol. The molecule has 0 N–H and O–H groups in total. The molecule has 0 aromatic carbocycles. The van der Waals surface area contributed by atoms with Crippen molar-refractivity contribution in [1.29, 1.82) is 0 Å². The van der Waals surface area contributed by atoms with Gasteiger partial charge in [0.05, 0.1) is 0 Å². The van der Waals surface area contributed by atoms with Gasteiger partial charge in [-0.1, -0.05) is 32.1 Å². The van der Waals surface area contributed by atoms with Gasteiger partial charge in [0.2, 0.25) is 5.91 Å². The Kier molecular flexibility index (Phi) is 3.33. The summed E-state index contributed by atoms with van der Waals surface area (Å²) in [7, 11) is 1.96. The first-order valence-corrected chi connectivity index (χ1v) is 10.0. The van der Waals surface area contributed by atoms with Crippen LogP contribution in [0.2, 0.25) is 0 Å². The molecule has 26 heavy (non-hydrogen) atoms. The summed E-state index contributed by atoms with van der Waals surface area (Å²) >= 11 is 0. The minimum Gasteiger partial charge on any atom is -0.319 e. The molecule has 1 aromatic heterocycles. The van der Waals surface area contributed by atoms with Gasteiger partial charge in [0.1, 0.15) is 0 Å². The van der Waals surface area contributed by atoms with Crippen LogP contribution in [-0.2, 0) is 4.79 Å². The first kappa shape index (κ1) is 16.3. The molecule has 4 aliphatic rings. The van der Waals surface area contributed by atoms with Crippen LogP contribution in [0, 0.1) is 28.6 Å². The van der Waals surface area contributed by atoms with Gasteiger partial charge >= 0.3 is 0 Å².